The summed E-state index contributed by atoms with van der Waals surface area (Å²) in [7, 11) is 3.37. The largest absolute Gasteiger partial charge is 0.381 e. The molecular formula is C11H16N2O3. The molecule has 1 aromatic heterocycles. The third kappa shape index (κ3) is 1.88. The van der Waals surface area contributed by atoms with Crippen LogP contribution in [-0.2, 0) is 16.5 Å². The van der Waals surface area contributed by atoms with Crippen molar-refractivity contribution in [2.24, 2.45) is 7.05 Å². The summed E-state index contributed by atoms with van der Waals surface area (Å²) < 4.78 is 12.3. The fourth-order valence-corrected chi connectivity index (χ4v) is 1.99. The van der Waals surface area contributed by atoms with Crippen molar-refractivity contribution in [1.29, 1.82) is 0 Å². The van der Waals surface area contributed by atoms with Gasteiger partial charge in [-0.15, -0.1) is 0 Å². The summed E-state index contributed by atoms with van der Waals surface area (Å²) in [4.78, 5) is 12.3. The van der Waals surface area contributed by atoms with Gasteiger partial charge in [0.05, 0.1) is 0 Å². The van der Waals surface area contributed by atoms with E-state index in [1.807, 2.05) is 0 Å². The van der Waals surface area contributed by atoms with Crippen LogP contribution in [0.25, 0.3) is 0 Å². The van der Waals surface area contributed by atoms with Crippen molar-refractivity contribution in [2.75, 3.05) is 20.3 Å². The topological polar surface area (TPSA) is 53.4 Å². The van der Waals surface area contributed by atoms with Gasteiger partial charge in [0.1, 0.15) is 11.3 Å². The van der Waals surface area contributed by atoms with Crippen molar-refractivity contribution >= 4 is 5.78 Å². The van der Waals surface area contributed by atoms with Crippen LogP contribution in [0.1, 0.15) is 23.3 Å². The number of ketones is 1. The lowest BCUT2D eigenvalue weighted by atomic mass is 9.88. The van der Waals surface area contributed by atoms with E-state index in [2.05, 4.69) is 5.10 Å². The third-order valence-corrected chi connectivity index (χ3v) is 3.05. The van der Waals surface area contributed by atoms with Crippen molar-refractivity contribution in [2.45, 2.75) is 18.4 Å². The minimum absolute atomic E-state index is 0.0427. The first-order valence-corrected chi connectivity index (χ1v) is 5.35. The number of aryl methyl sites for hydroxylation is 1. The molecular weight excluding hydrogens is 208 g/mol. The van der Waals surface area contributed by atoms with Crippen molar-refractivity contribution in [1.82, 2.24) is 9.78 Å². The van der Waals surface area contributed by atoms with Gasteiger partial charge in [-0.2, -0.15) is 5.10 Å². The fourth-order valence-electron chi connectivity index (χ4n) is 1.99. The summed E-state index contributed by atoms with van der Waals surface area (Å²) in [6, 6.07) is 1.72. The second kappa shape index (κ2) is 4.35. The van der Waals surface area contributed by atoms with Crippen molar-refractivity contribution in [3.8, 4) is 0 Å². The van der Waals surface area contributed by atoms with Gasteiger partial charge in [-0.1, -0.05) is 0 Å². The molecule has 0 atom stereocenters. The number of methoxy groups -OCH3 is 1. The quantitative estimate of drug-likeness (QED) is 0.712. The van der Waals surface area contributed by atoms with E-state index in [0.29, 0.717) is 31.7 Å². The molecule has 0 aromatic carbocycles. The molecule has 5 nitrogen and oxygen atoms in total. The maximum atomic E-state index is 12.3. The molecule has 1 aliphatic heterocycles. The first kappa shape index (κ1) is 11.3. The maximum absolute atomic E-state index is 12.3. The Labute approximate surface area is 94.3 Å². The molecule has 1 aromatic rings. The van der Waals surface area contributed by atoms with E-state index in [9.17, 15) is 4.79 Å². The maximum Gasteiger partial charge on any atom is 0.214 e. The number of hydrogen-bond donors (Lipinski definition) is 0. The molecule has 2 heterocycles. The van der Waals surface area contributed by atoms with Gasteiger partial charge in [0.25, 0.3) is 0 Å². The summed E-state index contributed by atoms with van der Waals surface area (Å²) in [5.74, 6) is -0.0427. The molecule has 0 radical (unpaired) electrons. The van der Waals surface area contributed by atoms with E-state index in [1.165, 1.54) is 0 Å². The van der Waals surface area contributed by atoms with Crippen molar-refractivity contribution in [3.05, 3.63) is 18.0 Å². The van der Waals surface area contributed by atoms with E-state index in [0.717, 1.165) is 0 Å². The molecule has 1 saturated heterocycles. The molecule has 2 rings (SSSR count). The SMILES string of the molecule is COC1(C(=O)c2ccn(C)n2)CCOCC1. The van der Waals surface area contributed by atoms with Crippen molar-refractivity contribution in [3.63, 3.8) is 0 Å². The normalized spacial score (nSPS) is 19.6. The number of aromatic nitrogens is 2. The molecule has 1 aliphatic rings. The first-order chi connectivity index (χ1) is 7.68. The molecule has 0 amide bonds. The Hall–Kier alpha value is -1.20. The Kier molecular flexibility index (Phi) is 3.07. The summed E-state index contributed by atoms with van der Waals surface area (Å²) in [6.45, 7) is 1.12. The average molecular weight is 224 g/mol. The van der Waals surface area contributed by atoms with Gasteiger partial charge in [0.15, 0.2) is 0 Å². The predicted octanol–water partition coefficient (Wildman–Crippen LogP) is 0.798. The molecule has 16 heavy (non-hydrogen) atoms. The molecule has 88 valence electrons. The number of carbonyl (C=O) groups excluding carboxylic acids is 1. The summed E-state index contributed by atoms with van der Waals surface area (Å²) in [5, 5.41) is 4.13. The lowest BCUT2D eigenvalue weighted by Gasteiger charge is -2.33. The van der Waals surface area contributed by atoms with E-state index in [-0.39, 0.29) is 5.78 Å². The van der Waals surface area contributed by atoms with Gasteiger partial charge in [0, 0.05) is 46.4 Å². The van der Waals surface area contributed by atoms with Crippen LogP contribution in [0.5, 0.6) is 0 Å². The predicted molar refractivity (Wildman–Crippen MR) is 57.3 cm³/mol. The van der Waals surface area contributed by atoms with Crippen molar-refractivity contribution < 1.29 is 14.3 Å². The molecule has 1 fully saturated rings. The zero-order valence-corrected chi connectivity index (χ0v) is 9.60. The van der Waals surface area contributed by atoms with E-state index >= 15 is 0 Å². The van der Waals surface area contributed by atoms with Crippen LogP contribution < -0.4 is 0 Å². The van der Waals surface area contributed by atoms with Gasteiger partial charge in [-0.3, -0.25) is 9.48 Å². The molecule has 0 saturated carbocycles. The van der Waals surface area contributed by atoms with Gasteiger partial charge >= 0.3 is 0 Å². The first-order valence-electron chi connectivity index (χ1n) is 5.35. The smallest absolute Gasteiger partial charge is 0.214 e. The summed E-state index contributed by atoms with van der Waals surface area (Å²) in [5.41, 5.74) is -0.279. The van der Waals surface area contributed by atoms with Crippen LogP contribution in [0.4, 0.5) is 0 Å². The molecule has 0 spiro atoms. The lowest BCUT2D eigenvalue weighted by Crippen LogP contribution is -2.45. The van der Waals surface area contributed by atoms with Gasteiger partial charge in [-0.05, 0) is 6.07 Å². The Balaban J connectivity index is 2.24. The molecule has 0 bridgehead atoms. The van der Waals surface area contributed by atoms with E-state index < -0.39 is 5.60 Å². The zero-order chi connectivity index (χ0) is 11.6. The fraction of sp³-hybridized carbons (Fsp3) is 0.636. The molecule has 0 unspecified atom stereocenters. The van der Waals surface area contributed by atoms with Gasteiger partial charge in [0.2, 0.25) is 5.78 Å². The second-order valence-electron chi connectivity index (χ2n) is 4.01. The van der Waals surface area contributed by atoms with Crippen LogP contribution in [0.2, 0.25) is 0 Å². The number of hydrogen-bond acceptors (Lipinski definition) is 4. The third-order valence-electron chi connectivity index (χ3n) is 3.05. The minimum atomic E-state index is -0.743. The molecule has 0 N–H and O–H groups in total. The highest BCUT2D eigenvalue weighted by Gasteiger charge is 2.41. The Morgan fingerprint density at radius 2 is 2.25 bits per heavy atom. The Morgan fingerprint density at radius 1 is 1.56 bits per heavy atom. The summed E-state index contributed by atoms with van der Waals surface area (Å²) >= 11 is 0. The number of nitrogens with zero attached hydrogens (tertiary/aromatic N) is 2. The number of Topliss-reactive ketones (excluding diaryl/α,β-unsaturated/α-hetero) is 1. The minimum Gasteiger partial charge on any atom is -0.381 e. The second-order valence-corrected chi connectivity index (χ2v) is 4.01. The van der Waals surface area contributed by atoms with Crippen LogP contribution in [0.15, 0.2) is 12.3 Å². The van der Waals surface area contributed by atoms with E-state index in [1.54, 1.807) is 31.1 Å². The molecule has 5 heteroatoms. The van der Waals surface area contributed by atoms with Crippen LogP contribution in [0.3, 0.4) is 0 Å². The number of ether oxygens (including phenoxy) is 2. The highest BCUT2D eigenvalue weighted by Crippen LogP contribution is 2.28. The average Bonchev–Trinajstić information content (AvgIpc) is 2.76. The van der Waals surface area contributed by atoms with Crippen LogP contribution in [-0.4, -0.2) is 41.5 Å². The summed E-state index contributed by atoms with van der Waals surface area (Å²) in [6.07, 6.45) is 2.95. The highest BCUT2D eigenvalue weighted by atomic mass is 16.5. The van der Waals surface area contributed by atoms with Gasteiger partial charge < -0.3 is 9.47 Å². The standard InChI is InChI=1S/C11H16N2O3/c1-13-6-3-9(12-13)10(14)11(15-2)4-7-16-8-5-11/h3,6H,4-5,7-8H2,1-2H3. The Bertz CT molecular complexity index is 380. The number of rotatable bonds is 3. The van der Waals surface area contributed by atoms with E-state index in [4.69, 9.17) is 9.47 Å². The molecule has 0 aliphatic carbocycles. The van der Waals surface area contributed by atoms with Crippen LogP contribution >= 0.6 is 0 Å². The van der Waals surface area contributed by atoms with Gasteiger partial charge in [-0.25, -0.2) is 0 Å². The lowest BCUT2D eigenvalue weighted by molar-refractivity contribution is -0.0665. The highest BCUT2D eigenvalue weighted by molar-refractivity contribution is 6.01. The monoisotopic (exact) mass is 224 g/mol. The number of carbonyl (C=O) groups is 1. The zero-order valence-electron chi connectivity index (χ0n) is 9.60. The van der Waals surface area contributed by atoms with Crippen LogP contribution in [0, 0.1) is 0 Å². The Morgan fingerprint density at radius 3 is 2.75 bits per heavy atom.